The molecule has 0 aliphatic carbocycles. The number of thiazole rings is 1. The zero-order valence-corrected chi connectivity index (χ0v) is 11.4. The summed E-state index contributed by atoms with van der Waals surface area (Å²) in [6, 6.07) is 10.8. The van der Waals surface area contributed by atoms with Gasteiger partial charge in [-0.05, 0) is 12.5 Å². The van der Waals surface area contributed by atoms with Crippen LogP contribution in [0.4, 0.5) is 0 Å². The van der Waals surface area contributed by atoms with Crippen molar-refractivity contribution in [2.45, 2.75) is 19.5 Å². The van der Waals surface area contributed by atoms with E-state index in [1.165, 1.54) is 5.56 Å². The van der Waals surface area contributed by atoms with Gasteiger partial charge in [-0.1, -0.05) is 30.3 Å². The van der Waals surface area contributed by atoms with Gasteiger partial charge in [-0.15, -0.1) is 11.3 Å². The smallest absolute Gasteiger partial charge is 0.0795 e. The summed E-state index contributed by atoms with van der Waals surface area (Å²) < 4.78 is 0. The van der Waals surface area contributed by atoms with E-state index < -0.39 is 0 Å². The molecule has 0 radical (unpaired) electrons. The van der Waals surface area contributed by atoms with E-state index in [0.29, 0.717) is 12.6 Å². The molecule has 1 aromatic heterocycles. The van der Waals surface area contributed by atoms with Gasteiger partial charge in [0.25, 0.3) is 0 Å². The zero-order chi connectivity index (χ0) is 12.8. The number of hydrogen-bond donors (Lipinski definition) is 1. The van der Waals surface area contributed by atoms with Crippen molar-refractivity contribution in [3.8, 4) is 0 Å². The molecular formula is C14H19N3S. The molecule has 0 bridgehead atoms. The van der Waals surface area contributed by atoms with E-state index in [0.717, 1.165) is 18.8 Å². The molecule has 18 heavy (non-hydrogen) atoms. The van der Waals surface area contributed by atoms with Crippen LogP contribution in [0, 0.1) is 0 Å². The highest BCUT2D eigenvalue weighted by molar-refractivity contribution is 7.07. The Kier molecular flexibility index (Phi) is 4.87. The summed E-state index contributed by atoms with van der Waals surface area (Å²) in [5, 5.41) is 2.11. The second-order valence-corrected chi connectivity index (χ2v) is 5.05. The fourth-order valence-corrected chi connectivity index (χ4v) is 2.65. The lowest BCUT2D eigenvalue weighted by Crippen LogP contribution is -2.31. The number of hydrogen-bond acceptors (Lipinski definition) is 4. The first-order chi connectivity index (χ1) is 8.81. The maximum absolute atomic E-state index is 5.71. The summed E-state index contributed by atoms with van der Waals surface area (Å²) in [4.78, 5) is 6.76. The Balaban J connectivity index is 2.08. The van der Waals surface area contributed by atoms with Crippen LogP contribution in [0.2, 0.25) is 0 Å². The molecule has 0 amide bonds. The molecule has 1 aromatic carbocycles. The Hall–Kier alpha value is -1.23. The Morgan fingerprint density at radius 2 is 2.11 bits per heavy atom. The second kappa shape index (κ2) is 6.64. The number of nitrogens with zero attached hydrogens (tertiary/aromatic N) is 2. The summed E-state index contributed by atoms with van der Waals surface area (Å²) in [5.74, 6) is 0. The molecule has 0 fully saturated rings. The van der Waals surface area contributed by atoms with Crippen LogP contribution >= 0.6 is 11.3 Å². The monoisotopic (exact) mass is 261 g/mol. The third-order valence-electron chi connectivity index (χ3n) is 3.07. The van der Waals surface area contributed by atoms with Gasteiger partial charge in [0, 0.05) is 25.0 Å². The van der Waals surface area contributed by atoms with Gasteiger partial charge in [0.05, 0.1) is 17.2 Å². The third kappa shape index (κ3) is 3.38. The summed E-state index contributed by atoms with van der Waals surface area (Å²) in [6.07, 6.45) is 0. The van der Waals surface area contributed by atoms with Gasteiger partial charge < -0.3 is 5.73 Å². The van der Waals surface area contributed by atoms with Gasteiger partial charge in [0.15, 0.2) is 0 Å². The van der Waals surface area contributed by atoms with Crippen LogP contribution in [-0.4, -0.2) is 23.0 Å². The minimum Gasteiger partial charge on any atom is -0.329 e. The lowest BCUT2D eigenvalue weighted by Gasteiger charge is -2.27. The Morgan fingerprint density at radius 1 is 1.33 bits per heavy atom. The largest absolute Gasteiger partial charge is 0.329 e. The normalized spacial score (nSPS) is 12.8. The Labute approximate surface area is 112 Å². The maximum atomic E-state index is 5.71. The number of rotatable bonds is 6. The predicted octanol–water partition coefficient (Wildman–Crippen LogP) is 2.67. The van der Waals surface area contributed by atoms with E-state index in [9.17, 15) is 0 Å². The molecule has 4 heteroatoms. The van der Waals surface area contributed by atoms with Gasteiger partial charge >= 0.3 is 0 Å². The predicted molar refractivity (Wildman–Crippen MR) is 76.4 cm³/mol. The van der Waals surface area contributed by atoms with Crippen molar-refractivity contribution >= 4 is 11.3 Å². The van der Waals surface area contributed by atoms with E-state index in [4.69, 9.17) is 5.73 Å². The fraction of sp³-hybridized carbons (Fsp3) is 0.357. The van der Waals surface area contributed by atoms with E-state index in [1.807, 2.05) is 11.6 Å². The van der Waals surface area contributed by atoms with Crippen LogP contribution in [0.15, 0.2) is 41.2 Å². The van der Waals surface area contributed by atoms with Crippen LogP contribution < -0.4 is 5.73 Å². The fourth-order valence-electron chi connectivity index (χ4n) is 2.01. The molecule has 2 rings (SSSR count). The SMILES string of the molecule is CC(c1cscn1)N(CCN)Cc1ccccc1. The van der Waals surface area contributed by atoms with Crippen LogP contribution in [0.25, 0.3) is 0 Å². The molecule has 96 valence electrons. The summed E-state index contributed by atoms with van der Waals surface area (Å²) in [6.45, 7) is 4.65. The van der Waals surface area contributed by atoms with Gasteiger partial charge in [0.1, 0.15) is 0 Å². The molecule has 0 spiro atoms. The molecule has 0 saturated carbocycles. The zero-order valence-electron chi connectivity index (χ0n) is 10.6. The van der Waals surface area contributed by atoms with Gasteiger partial charge in [-0.25, -0.2) is 4.98 Å². The summed E-state index contributed by atoms with van der Waals surface area (Å²) in [7, 11) is 0. The lowest BCUT2D eigenvalue weighted by molar-refractivity contribution is 0.204. The highest BCUT2D eigenvalue weighted by atomic mass is 32.1. The van der Waals surface area contributed by atoms with Crippen molar-refractivity contribution in [2.24, 2.45) is 5.73 Å². The third-order valence-corrected chi connectivity index (χ3v) is 3.68. The molecule has 2 N–H and O–H groups in total. The minimum atomic E-state index is 0.306. The molecule has 0 aliphatic heterocycles. The van der Waals surface area contributed by atoms with Crippen molar-refractivity contribution in [1.29, 1.82) is 0 Å². The molecule has 1 unspecified atom stereocenters. The van der Waals surface area contributed by atoms with Crippen molar-refractivity contribution in [2.75, 3.05) is 13.1 Å². The molecule has 2 aromatic rings. The topological polar surface area (TPSA) is 42.2 Å². The van der Waals surface area contributed by atoms with E-state index >= 15 is 0 Å². The average Bonchev–Trinajstić information content (AvgIpc) is 2.92. The molecule has 0 aliphatic rings. The molecule has 1 heterocycles. The van der Waals surface area contributed by atoms with Crippen molar-refractivity contribution in [3.63, 3.8) is 0 Å². The van der Waals surface area contributed by atoms with Gasteiger partial charge in [-0.2, -0.15) is 0 Å². The maximum Gasteiger partial charge on any atom is 0.0795 e. The first-order valence-corrected chi connectivity index (χ1v) is 7.11. The quantitative estimate of drug-likeness (QED) is 0.869. The second-order valence-electron chi connectivity index (χ2n) is 4.33. The van der Waals surface area contributed by atoms with Crippen molar-refractivity contribution < 1.29 is 0 Å². The minimum absolute atomic E-state index is 0.306. The highest BCUT2D eigenvalue weighted by Crippen LogP contribution is 2.21. The van der Waals surface area contributed by atoms with Crippen molar-refractivity contribution in [3.05, 3.63) is 52.5 Å². The highest BCUT2D eigenvalue weighted by Gasteiger charge is 2.16. The van der Waals surface area contributed by atoms with E-state index in [1.54, 1.807) is 11.3 Å². The van der Waals surface area contributed by atoms with Crippen LogP contribution in [0.1, 0.15) is 24.2 Å². The lowest BCUT2D eigenvalue weighted by atomic mass is 10.1. The number of benzene rings is 1. The standard InChI is InChI=1S/C14H19N3S/c1-12(14-10-18-11-16-14)17(8-7-15)9-13-5-3-2-4-6-13/h2-6,10-12H,7-9,15H2,1H3. The van der Waals surface area contributed by atoms with E-state index in [2.05, 4.69) is 46.5 Å². The summed E-state index contributed by atoms with van der Waals surface area (Å²) >= 11 is 1.64. The van der Waals surface area contributed by atoms with Gasteiger partial charge in [-0.3, -0.25) is 4.90 Å². The Bertz CT molecular complexity index is 441. The van der Waals surface area contributed by atoms with Crippen LogP contribution in [-0.2, 0) is 6.54 Å². The average molecular weight is 261 g/mol. The molecular weight excluding hydrogens is 242 g/mol. The summed E-state index contributed by atoms with van der Waals surface area (Å²) in [5.41, 5.74) is 10.0. The molecule has 3 nitrogen and oxygen atoms in total. The Morgan fingerprint density at radius 3 is 2.72 bits per heavy atom. The first-order valence-electron chi connectivity index (χ1n) is 6.17. The number of aromatic nitrogens is 1. The van der Waals surface area contributed by atoms with Crippen molar-refractivity contribution in [1.82, 2.24) is 9.88 Å². The molecule has 1 atom stereocenters. The number of nitrogens with two attached hydrogens (primary N) is 1. The van der Waals surface area contributed by atoms with E-state index in [-0.39, 0.29) is 0 Å². The molecule has 0 saturated heterocycles. The first kappa shape index (κ1) is 13.2. The van der Waals surface area contributed by atoms with Crippen LogP contribution in [0.3, 0.4) is 0 Å². The van der Waals surface area contributed by atoms with Gasteiger partial charge in [0.2, 0.25) is 0 Å². The van der Waals surface area contributed by atoms with Crippen LogP contribution in [0.5, 0.6) is 0 Å².